The standard InChI is InChI=1S/C65H120O6/c1-4-7-10-13-16-19-22-25-26-27-28-29-30-31-32-33-34-35-36-37-38-41-43-46-49-52-55-58-64(67)70-61-62(71-65(68)59-56-53-50-47-44-40-24-21-18-15-12-9-6-3)60-69-63(66)57-54-51-48-45-42-39-23-20-17-14-11-8-5-2/h20-21,23-24,27-28,62H,4-19,22,25-26,29-61H2,1-3H3/b23-20-,24-21-,28-27-. The molecule has 6 nitrogen and oxygen atoms in total. The number of unbranched alkanes of at least 4 members (excludes halogenated alkanes) is 41. The maximum absolute atomic E-state index is 12.8. The molecule has 0 radical (unpaired) electrons. The van der Waals surface area contributed by atoms with Crippen LogP contribution in [-0.4, -0.2) is 37.2 Å². The Morgan fingerprint density at radius 2 is 0.465 bits per heavy atom. The van der Waals surface area contributed by atoms with E-state index in [9.17, 15) is 14.4 Å². The van der Waals surface area contributed by atoms with Crippen molar-refractivity contribution in [2.45, 2.75) is 348 Å². The highest BCUT2D eigenvalue weighted by Gasteiger charge is 2.19. The van der Waals surface area contributed by atoms with Gasteiger partial charge in [0.05, 0.1) is 0 Å². The SMILES string of the molecule is CCCCCC/C=C\CCCCCCCC(=O)OCC(COC(=O)CCCCCCCCCCCCCCCCC/C=C\CCCCCCCCCC)OC(=O)CCCCCCC/C=C\CCCCCC. The van der Waals surface area contributed by atoms with Gasteiger partial charge in [-0.1, -0.05) is 263 Å². The predicted molar refractivity (Wildman–Crippen MR) is 307 cm³/mol. The molecule has 0 rings (SSSR count). The molecule has 0 saturated carbocycles. The van der Waals surface area contributed by atoms with Gasteiger partial charge in [-0.05, 0) is 96.3 Å². The molecule has 416 valence electrons. The van der Waals surface area contributed by atoms with Crippen molar-refractivity contribution in [2.24, 2.45) is 0 Å². The summed E-state index contributed by atoms with van der Waals surface area (Å²) in [6, 6.07) is 0. The summed E-state index contributed by atoms with van der Waals surface area (Å²) >= 11 is 0. The molecule has 0 heterocycles. The normalized spacial score (nSPS) is 12.2. The topological polar surface area (TPSA) is 78.9 Å². The molecule has 0 aliphatic rings. The van der Waals surface area contributed by atoms with Gasteiger partial charge in [-0.2, -0.15) is 0 Å². The Morgan fingerprint density at radius 3 is 0.718 bits per heavy atom. The first-order valence-corrected chi connectivity index (χ1v) is 31.5. The average Bonchev–Trinajstić information content (AvgIpc) is 3.37. The lowest BCUT2D eigenvalue weighted by Crippen LogP contribution is -2.30. The van der Waals surface area contributed by atoms with Crippen LogP contribution in [0.4, 0.5) is 0 Å². The van der Waals surface area contributed by atoms with Crippen molar-refractivity contribution in [2.75, 3.05) is 13.2 Å². The number of ether oxygens (including phenoxy) is 3. The third-order valence-corrected chi connectivity index (χ3v) is 14.1. The van der Waals surface area contributed by atoms with E-state index in [-0.39, 0.29) is 31.1 Å². The molecule has 0 bridgehead atoms. The van der Waals surface area contributed by atoms with Crippen LogP contribution >= 0.6 is 0 Å². The number of carbonyl (C=O) groups is 3. The van der Waals surface area contributed by atoms with Crippen LogP contribution in [-0.2, 0) is 28.6 Å². The molecule has 0 fully saturated rings. The summed E-state index contributed by atoms with van der Waals surface area (Å²) in [6.07, 6.45) is 73.0. The molecule has 71 heavy (non-hydrogen) atoms. The van der Waals surface area contributed by atoms with Crippen LogP contribution in [0.2, 0.25) is 0 Å². The van der Waals surface area contributed by atoms with E-state index in [0.717, 1.165) is 70.6 Å². The van der Waals surface area contributed by atoms with Gasteiger partial charge in [-0.3, -0.25) is 14.4 Å². The van der Waals surface area contributed by atoms with E-state index in [1.54, 1.807) is 0 Å². The van der Waals surface area contributed by atoms with Gasteiger partial charge in [-0.15, -0.1) is 0 Å². The van der Waals surface area contributed by atoms with Crippen molar-refractivity contribution in [1.29, 1.82) is 0 Å². The molecular formula is C65H120O6. The molecule has 0 aromatic rings. The first kappa shape index (κ1) is 68.6. The summed E-state index contributed by atoms with van der Waals surface area (Å²) in [7, 11) is 0. The molecular weight excluding hydrogens is 877 g/mol. The third kappa shape index (κ3) is 58.4. The number of hydrogen-bond donors (Lipinski definition) is 0. The number of carbonyl (C=O) groups excluding carboxylic acids is 3. The zero-order chi connectivity index (χ0) is 51.4. The van der Waals surface area contributed by atoms with Crippen LogP contribution in [0.25, 0.3) is 0 Å². The Balaban J connectivity index is 4.17. The van der Waals surface area contributed by atoms with E-state index >= 15 is 0 Å². The minimum atomic E-state index is -0.777. The largest absolute Gasteiger partial charge is 0.462 e. The van der Waals surface area contributed by atoms with E-state index in [0.29, 0.717) is 19.3 Å². The molecule has 0 aliphatic heterocycles. The zero-order valence-electron chi connectivity index (χ0n) is 47.8. The van der Waals surface area contributed by atoms with Gasteiger partial charge in [0, 0.05) is 19.3 Å². The fourth-order valence-electron chi connectivity index (χ4n) is 9.31. The molecule has 1 unspecified atom stereocenters. The first-order chi connectivity index (χ1) is 35.0. The molecule has 0 amide bonds. The smallest absolute Gasteiger partial charge is 0.306 e. The Morgan fingerprint density at radius 1 is 0.268 bits per heavy atom. The minimum Gasteiger partial charge on any atom is -0.462 e. The van der Waals surface area contributed by atoms with Gasteiger partial charge in [-0.25, -0.2) is 0 Å². The Hall–Kier alpha value is -2.37. The highest BCUT2D eigenvalue weighted by atomic mass is 16.6. The van der Waals surface area contributed by atoms with Crippen LogP contribution in [0, 0.1) is 0 Å². The minimum absolute atomic E-state index is 0.0749. The van der Waals surface area contributed by atoms with Gasteiger partial charge in [0.1, 0.15) is 13.2 Å². The molecule has 6 heteroatoms. The van der Waals surface area contributed by atoms with Gasteiger partial charge in [0.15, 0.2) is 6.10 Å². The summed E-state index contributed by atoms with van der Waals surface area (Å²) < 4.78 is 16.9. The van der Waals surface area contributed by atoms with Crippen LogP contribution in [0.3, 0.4) is 0 Å². The van der Waals surface area contributed by atoms with Gasteiger partial charge < -0.3 is 14.2 Å². The van der Waals surface area contributed by atoms with Crippen molar-refractivity contribution in [3.63, 3.8) is 0 Å². The van der Waals surface area contributed by atoms with Crippen LogP contribution < -0.4 is 0 Å². The summed E-state index contributed by atoms with van der Waals surface area (Å²) in [5, 5.41) is 0. The van der Waals surface area contributed by atoms with Gasteiger partial charge in [0.25, 0.3) is 0 Å². The van der Waals surface area contributed by atoms with Crippen LogP contribution in [0.1, 0.15) is 342 Å². The predicted octanol–water partition coefficient (Wildman–Crippen LogP) is 21.2. The third-order valence-electron chi connectivity index (χ3n) is 14.1. The Bertz CT molecular complexity index is 1190. The maximum Gasteiger partial charge on any atom is 0.306 e. The van der Waals surface area contributed by atoms with Crippen molar-refractivity contribution in [3.05, 3.63) is 36.5 Å². The molecule has 0 aromatic heterocycles. The lowest BCUT2D eigenvalue weighted by Gasteiger charge is -2.18. The Labute approximate surface area is 442 Å². The maximum atomic E-state index is 12.8. The number of hydrogen-bond acceptors (Lipinski definition) is 6. The highest BCUT2D eigenvalue weighted by Crippen LogP contribution is 2.17. The molecule has 0 aliphatic carbocycles. The molecule has 1 atom stereocenters. The van der Waals surface area contributed by atoms with Crippen molar-refractivity contribution >= 4 is 17.9 Å². The van der Waals surface area contributed by atoms with E-state index in [1.165, 1.54) is 231 Å². The average molecular weight is 998 g/mol. The second-order valence-corrected chi connectivity index (χ2v) is 21.3. The molecule has 0 aromatic carbocycles. The lowest BCUT2D eigenvalue weighted by molar-refractivity contribution is -0.167. The summed E-state index contributed by atoms with van der Waals surface area (Å²) in [5.41, 5.74) is 0. The van der Waals surface area contributed by atoms with E-state index in [2.05, 4.69) is 57.2 Å². The van der Waals surface area contributed by atoms with Crippen LogP contribution in [0.15, 0.2) is 36.5 Å². The molecule has 0 spiro atoms. The number of rotatable bonds is 58. The van der Waals surface area contributed by atoms with Gasteiger partial charge in [0.2, 0.25) is 0 Å². The van der Waals surface area contributed by atoms with E-state index < -0.39 is 6.10 Å². The second-order valence-electron chi connectivity index (χ2n) is 21.3. The van der Waals surface area contributed by atoms with E-state index in [1.807, 2.05) is 0 Å². The summed E-state index contributed by atoms with van der Waals surface area (Å²) in [6.45, 7) is 6.64. The number of esters is 3. The number of allylic oxidation sites excluding steroid dienone is 6. The summed E-state index contributed by atoms with van der Waals surface area (Å²) in [4.78, 5) is 38.2. The van der Waals surface area contributed by atoms with E-state index in [4.69, 9.17) is 14.2 Å². The quantitative estimate of drug-likeness (QED) is 0.0261. The van der Waals surface area contributed by atoms with Gasteiger partial charge >= 0.3 is 17.9 Å². The summed E-state index contributed by atoms with van der Waals surface area (Å²) in [5.74, 6) is -0.875. The molecule has 0 saturated heterocycles. The van der Waals surface area contributed by atoms with Crippen molar-refractivity contribution < 1.29 is 28.6 Å². The monoisotopic (exact) mass is 997 g/mol. The first-order valence-electron chi connectivity index (χ1n) is 31.5. The Kier molecular flexibility index (Phi) is 58.2. The van der Waals surface area contributed by atoms with Crippen LogP contribution in [0.5, 0.6) is 0 Å². The fraction of sp³-hybridized carbons (Fsp3) is 0.862. The van der Waals surface area contributed by atoms with Crippen molar-refractivity contribution in [3.8, 4) is 0 Å². The zero-order valence-corrected chi connectivity index (χ0v) is 47.8. The second kappa shape index (κ2) is 60.2. The fourth-order valence-corrected chi connectivity index (χ4v) is 9.31. The highest BCUT2D eigenvalue weighted by molar-refractivity contribution is 5.71. The lowest BCUT2D eigenvalue weighted by atomic mass is 10.0. The molecule has 0 N–H and O–H groups in total. The van der Waals surface area contributed by atoms with Crippen molar-refractivity contribution in [1.82, 2.24) is 0 Å².